The molecule has 0 aliphatic rings. The highest BCUT2D eigenvalue weighted by Crippen LogP contribution is 1.93. The zero-order chi connectivity index (χ0) is 13.5. The molecule has 0 aromatic rings. The van der Waals surface area contributed by atoms with Gasteiger partial charge in [-0.15, -0.1) is 0 Å². The van der Waals surface area contributed by atoms with E-state index in [4.69, 9.17) is 4.74 Å². The second kappa shape index (κ2) is 14.3. The van der Waals surface area contributed by atoms with Gasteiger partial charge >= 0.3 is 0 Å². The normalized spacial score (nSPS) is 11.6. The zero-order valence-corrected chi connectivity index (χ0v) is 12.4. The van der Waals surface area contributed by atoms with E-state index in [1.54, 1.807) is 0 Å². The maximum absolute atomic E-state index is 5.31. The van der Waals surface area contributed by atoms with E-state index in [0.29, 0.717) is 0 Å². The molecule has 4 nitrogen and oxygen atoms in total. The third-order valence-electron chi connectivity index (χ3n) is 2.59. The van der Waals surface area contributed by atoms with Gasteiger partial charge < -0.3 is 15.4 Å². The number of nitrogens with one attached hydrogen (secondary N) is 2. The monoisotopic (exact) mass is 257 g/mol. The number of rotatable bonds is 11. The van der Waals surface area contributed by atoms with Gasteiger partial charge in [0.15, 0.2) is 5.96 Å². The van der Waals surface area contributed by atoms with Crippen LogP contribution in [0, 0.1) is 0 Å². The Morgan fingerprint density at radius 1 is 1.00 bits per heavy atom. The second-order valence-electron chi connectivity index (χ2n) is 4.30. The molecule has 0 unspecified atom stereocenters. The molecule has 0 aromatic carbocycles. The van der Waals surface area contributed by atoms with Crippen LogP contribution in [-0.4, -0.2) is 38.8 Å². The topological polar surface area (TPSA) is 45.7 Å². The Balaban J connectivity index is 3.61. The van der Waals surface area contributed by atoms with Crippen molar-refractivity contribution in [3.8, 4) is 0 Å². The van der Waals surface area contributed by atoms with Gasteiger partial charge in [-0.1, -0.05) is 19.8 Å². The van der Waals surface area contributed by atoms with E-state index in [0.717, 1.165) is 51.6 Å². The maximum Gasteiger partial charge on any atom is 0.191 e. The van der Waals surface area contributed by atoms with Crippen LogP contribution >= 0.6 is 0 Å². The Morgan fingerprint density at radius 3 is 2.50 bits per heavy atom. The van der Waals surface area contributed by atoms with Crippen LogP contribution in [0.5, 0.6) is 0 Å². The first-order valence-electron chi connectivity index (χ1n) is 7.45. The van der Waals surface area contributed by atoms with Crippen LogP contribution in [-0.2, 0) is 4.74 Å². The highest BCUT2D eigenvalue weighted by atomic mass is 16.5. The first-order valence-corrected chi connectivity index (χ1v) is 7.45. The number of hydrogen-bond donors (Lipinski definition) is 2. The minimum Gasteiger partial charge on any atom is -0.382 e. The van der Waals surface area contributed by atoms with Crippen molar-refractivity contribution in [3.05, 3.63) is 0 Å². The zero-order valence-electron chi connectivity index (χ0n) is 12.4. The third-order valence-corrected chi connectivity index (χ3v) is 2.59. The van der Waals surface area contributed by atoms with E-state index in [2.05, 4.69) is 29.5 Å². The molecule has 4 heteroatoms. The molecule has 0 radical (unpaired) electrons. The Kier molecular flexibility index (Phi) is 13.7. The van der Waals surface area contributed by atoms with Gasteiger partial charge in [-0.25, -0.2) is 0 Å². The summed E-state index contributed by atoms with van der Waals surface area (Å²) in [4.78, 5) is 4.55. The average molecular weight is 257 g/mol. The Morgan fingerprint density at radius 2 is 1.83 bits per heavy atom. The third kappa shape index (κ3) is 11.7. The largest absolute Gasteiger partial charge is 0.382 e. The molecule has 0 amide bonds. The fourth-order valence-electron chi connectivity index (χ4n) is 1.57. The van der Waals surface area contributed by atoms with Crippen LogP contribution < -0.4 is 10.6 Å². The fourth-order valence-corrected chi connectivity index (χ4v) is 1.57. The summed E-state index contributed by atoms with van der Waals surface area (Å²) in [7, 11) is 0. The molecule has 0 saturated carbocycles. The lowest BCUT2D eigenvalue weighted by atomic mass is 10.2. The van der Waals surface area contributed by atoms with Crippen LogP contribution in [0.4, 0.5) is 0 Å². The van der Waals surface area contributed by atoms with Crippen molar-refractivity contribution in [2.24, 2.45) is 4.99 Å². The quantitative estimate of drug-likeness (QED) is 0.340. The van der Waals surface area contributed by atoms with Crippen LogP contribution in [0.1, 0.15) is 52.9 Å². The van der Waals surface area contributed by atoms with Gasteiger partial charge in [-0.05, 0) is 33.1 Å². The van der Waals surface area contributed by atoms with Crippen molar-refractivity contribution in [2.75, 3.05) is 32.8 Å². The summed E-state index contributed by atoms with van der Waals surface area (Å²) in [5.41, 5.74) is 0. The summed E-state index contributed by atoms with van der Waals surface area (Å²) in [5.74, 6) is 0.949. The molecular weight excluding hydrogens is 226 g/mol. The lowest BCUT2D eigenvalue weighted by Gasteiger charge is -2.11. The van der Waals surface area contributed by atoms with Gasteiger partial charge in [0.25, 0.3) is 0 Å². The van der Waals surface area contributed by atoms with Crippen molar-refractivity contribution in [3.63, 3.8) is 0 Å². The molecule has 0 atom stereocenters. The predicted molar refractivity (Wildman–Crippen MR) is 79.2 cm³/mol. The molecule has 2 N–H and O–H groups in total. The lowest BCUT2D eigenvalue weighted by Crippen LogP contribution is -2.37. The Hall–Kier alpha value is -0.770. The molecular formula is C14H31N3O. The standard InChI is InChI=1S/C14H31N3O/c1-4-7-8-11-16-14(15-5-2)17-12-9-10-13-18-6-3/h4-13H2,1-3H3,(H2,15,16,17). The van der Waals surface area contributed by atoms with Crippen LogP contribution in [0.15, 0.2) is 4.99 Å². The Bertz CT molecular complexity index is 195. The van der Waals surface area contributed by atoms with Crippen molar-refractivity contribution >= 4 is 5.96 Å². The smallest absolute Gasteiger partial charge is 0.191 e. The highest BCUT2D eigenvalue weighted by molar-refractivity contribution is 5.79. The van der Waals surface area contributed by atoms with Crippen LogP contribution in [0.3, 0.4) is 0 Å². The van der Waals surface area contributed by atoms with Gasteiger partial charge in [-0.3, -0.25) is 4.99 Å². The van der Waals surface area contributed by atoms with E-state index in [1.165, 1.54) is 19.3 Å². The first-order chi connectivity index (χ1) is 8.85. The van der Waals surface area contributed by atoms with E-state index in [1.807, 2.05) is 6.92 Å². The van der Waals surface area contributed by atoms with Crippen molar-refractivity contribution in [1.29, 1.82) is 0 Å². The molecule has 0 aliphatic heterocycles. The van der Waals surface area contributed by atoms with Crippen molar-refractivity contribution in [2.45, 2.75) is 52.9 Å². The molecule has 18 heavy (non-hydrogen) atoms. The van der Waals surface area contributed by atoms with Crippen LogP contribution in [0.2, 0.25) is 0 Å². The summed E-state index contributed by atoms with van der Waals surface area (Å²) in [6, 6.07) is 0. The minimum atomic E-state index is 0.814. The van der Waals surface area contributed by atoms with E-state index >= 15 is 0 Å². The summed E-state index contributed by atoms with van der Waals surface area (Å²) in [6.45, 7) is 10.8. The fraction of sp³-hybridized carbons (Fsp3) is 0.929. The van der Waals surface area contributed by atoms with Crippen molar-refractivity contribution < 1.29 is 4.74 Å². The molecule has 0 bridgehead atoms. The molecule has 0 fully saturated rings. The van der Waals surface area contributed by atoms with E-state index in [-0.39, 0.29) is 0 Å². The second-order valence-corrected chi connectivity index (χ2v) is 4.30. The first kappa shape index (κ1) is 17.2. The summed E-state index contributed by atoms with van der Waals surface area (Å²) in [6.07, 6.45) is 5.92. The van der Waals surface area contributed by atoms with Gasteiger partial charge in [0, 0.05) is 32.8 Å². The summed E-state index contributed by atoms with van der Waals surface area (Å²) in [5, 5.41) is 6.63. The maximum atomic E-state index is 5.31. The molecule has 0 heterocycles. The van der Waals surface area contributed by atoms with Gasteiger partial charge in [0.05, 0.1) is 0 Å². The molecule has 0 saturated heterocycles. The molecule has 0 aromatic heterocycles. The van der Waals surface area contributed by atoms with Crippen molar-refractivity contribution in [1.82, 2.24) is 10.6 Å². The van der Waals surface area contributed by atoms with Gasteiger partial charge in [0.1, 0.15) is 0 Å². The number of ether oxygens (including phenoxy) is 1. The number of nitrogens with zero attached hydrogens (tertiary/aromatic N) is 1. The average Bonchev–Trinajstić information content (AvgIpc) is 2.38. The molecule has 0 aliphatic carbocycles. The van der Waals surface area contributed by atoms with Crippen LogP contribution in [0.25, 0.3) is 0 Å². The van der Waals surface area contributed by atoms with Gasteiger partial charge in [-0.2, -0.15) is 0 Å². The number of guanidine groups is 1. The molecule has 0 spiro atoms. The van der Waals surface area contributed by atoms with E-state index < -0.39 is 0 Å². The lowest BCUT2D eigenvalue weighted by molar-refractivity contribution is 0.143. The SMILES string of the molecule is CCCCCN=C(NCC)NCCCCOCC. The minimum absolute atomic E-state index is 0.814. The van der Waals surface area contributed by atoms with E-state index in [9.17, 15) is 0 Å². The Labute approximate surface area is 113 Å². The van der Waals surface area contributed by atoms with Gasteiger partial charge in [0.2, 0.25) is 0 Å². The summed E-state index contributed by atoms with van der Waals surface area (Å²) < 4.78 is 5.31. The number of unbranched alkanes of at least 4 members (excludes halogenated alkanes) is 3. The molecule has 108 valence electrons. The predicted octanol–water partition coefficient (Wildman–Crippen LogP) is 2.55. The molecule has 0 rings (SSSR count). The summed E-state index contributed by atoms with van der Waals surface area (Å²) >= 11 is 0. The highest BCUT2D eigenvalue weighted by Gasteiger charge is 1.96. The number of hydrogen-bond acceptors (Lipinski definition) is 2. The number of aliphatic imine (C=N–C) groups is 1.